The van der Waals surface area contributed by atoms with Gasteiger partial charge in [0.2, 0.25) is 0 Å². The highest BCUT2D eigenvalue weighted by molar-refractivity contribution is 9.10. The molecular formula is C8H9BrF4O2. The second-order valence-electron chi connectivity index (χ2n) is 2.87. The van der Waals surface area contributed by atoms with Crippen LogP contribution in [0.1, 0.15) is 13.3 Å². The number of esters is 1. The molecule has 0 rings (SSSR count). The number of carbonyl (C=O) groups excluding carboxylic acids is 1. The van der Waals surface area contributed by atoms with Crippen molar-refractivity contribution in [3.05, 3.63) is 12.2 Å². The number of ether oxygens (including phenoxy) is 1. The summed E-state index contributed by atoms with van der Waals surface area (Å²) in [7, 11) is 0. The molecule has 0 aromatic carbocycles. The Balaban J connectivity index is 4.07. The molecule has 7 heteroatoms. The predicted molar refractivity (Wildman–Crippen MR) is 49.2 cm³/mol. The molecule has 0 aromatic rings. The van der Waals surface area contributed by atoms with Gasteiger partial charge in [0.05, 0.1) is 13.0 Å². The molecule has 0 aliphatic heterocycles. The third kappa shape index (κ3) is 4.63. The Labute approximate surface area is 92.4 Å². The summed E-state index contributed by atoms with van der Waals surface area (Å²) >= 11 is 1.55. The number of hydrogen-bond acceptors (Lipinski definition) is 2. The van der Waals surface area contributed by atoms with Gasteiger partial charge in [-0.05, 0) is 22.9 Å². The van der Waals surface area contributed by atoms with E-state index in [4.69, 9.17) is 0 Å². The molecule has 0 saturated carbocycles. The van der Waals surface area contributed by atoms with Gasteiger partial charge >= 0.3 is 16.7 Å². The summed E-state index contributed by atoms with van der Waals surface area (Å²) in [5, 5.41) is 0. The van der Waals surface area contributed by atoms with Crippen LogP contribution in [0.5, 0.6) is 0 Å². The summed E-state index contributed by atoms with van der Waals surface area (Å²) in [4.78, 5) is 6.40. The van der Waals surface area contributed by atoms with Crippen molar-refractivity contribution in [2.24, 2.45) is 0 Å². The van der Waals surface area contributed by atoms with E-state index in [0.717, 1.165) is 0 Å². The van der Waals surface area contributed by atoms with Crippen LogP contribution in [0, 0.1) is 0 Å². The van der Waals surface area contributed by atoms with Crippen LogP contribution in [0.4, 0.5) is 17.6 Å². The van der Waals surface area contributed by atoms with Gasteiger partial charge in [-0.1, -0.05) is 6.58 Å². The van der Waals surface area contributed by atoms with Gasteiger partial charge < -0.3 is 4.74 Å². The van der Waals surface area contributed by atoms with E-state index in [1.165, 1.54) is 6.92 Å². The first kappa shape index (κ1) is 14.4. The van der Waals surface area contributed by atoms with Gasteiger partial charge in [-0.15, -0.1) is 0 Å². The van der Waals surface area contributed by atoms with Gasteiger partial charge in [0.1, 0.15) is 0 Å². The molecule has 0 aliphatic carbocycles. The summed E-state index contributed by atoms with van der Waals surface area (Å²) in [6, 6.07) is 0. The van der Waals surface area contributed by atoms with Crippen LogP contribution in [0.15, 0.2) is 12.2 Å². The average Bonchev–Trinajstić information content (AvgIpc) is 2.01. The van der Waals surface area contributed by atoms with Crippen LogP contribution in [0.3, 0.4) is 0 Å². The lowest BCUT2D eigenvalue weighted by Crippen LogP contribution is -2.36. The van der Waals surface area contributed by atoms with Gasteiger partial charge in [-0.2, -0.15) is 17.6 Å². The second kappa shape index (κ2) is 4.96. The zero-order chi connectivity index (χ0) is 12.3. The van der Waals surface area contributed by atoms with Gasteiger partial charge in [-0.3, -0.25) is 0 Å². The van der Waals surface area contributed by atoms with E-state index in [2.05, 4.69) is 11.3 Å². The fourth-order valence-electron chi connectivity index (χ4n) is 0.537. The Morgan fingerprint density at radius 2 is 1.87 bits per heavy atom. The van der Waals surface area contributed by atoms with Crippen molar-refractivity contribution in [3.63, 3.8) is 0 Å². The third-order valence-electron chi connectivity index (χ3n) is 1.41. The van der Waals surface area contributed by atoms with Crippen LogP contribution in [0.2, 0.25) is 0 Å². The highest BCUT2D eigenvalue weighted by atomic mass is 79.9. The third-order valence-corrected chi connectivity index (χ3v) is 1.99. The molecule has 0 bridgehead atoms. The van der Waals surface area contributed by atoms with Gasteiger partial charge in [-0.25, -0.2) is 4.79 Å². The highest BCUT2D eigenvalue weighted by Crippen LogP contribution is 2.41. The number of carbonyl (C=O) groups is 1. The largest absolute Gasteiger partial charge is 0.462 e. The Hall–Kier alpha value is -0.590. The molecule has 0 aromatic heterocycles. The number of halogens is 5. The van der Waals surface area contributed by atoms with Crippen molar-refractivity contribution in [2.75, 3.05) is 6.61 Å². The van der Waals surface area contributed by atoms with Crippen molar-refractivity contribution in [2.45, 2.75) is 24.1 Å². The SMILES string of the molecule is C=C(C)C(=O)OCCC(F)(F)C(F)(F)Br. The predicted octanol–water partition coefficient (Wildman–Crippen LogP) is 3.12. The van der Waals surface area contributed by atoms with E-state index in [1.54, 1.807) is 15.9 Å². The molecule has 0 heterocycles. The van der Waals surface area contributed by atoms with E-state index in [-0.39, 0.29) is 5.57 Å². The van der Waals surface area contributed by atoms with E-state index in [1.807, 2.05) is 0 Å². The molecule has 0 spiro atoms. The Morgan fingerprint density at radius 1 is 1.40 bits per heavy atom. The van der Waals surface area contributed by atoms with Gasteiger partial charge in [0.15, 0.2) is 0 Å². The molecule has 0 atom stereocenters. The fourth-order valence-corrected chi connectivity index (χ4v) is 0.735. The average molecular weight is 293 g/mol. The van der Waals surface area contributed by atoms with E-state index in [0.29, 0.717) is 0 Å². The quantitative estimate of drug-likeness (QED) is 0.337. The molecule has 0 amide bonds. The monoisotopic (exact) mass is 292 g/mol. The molecule has 0 saturated heterocycles. The van der Waals surface area contributed by atoms with Gasteiger partial charge in [0, 0.05) is 5.57 Å². The molecule has 15 heavy (non-hydrogen) atoms. The normalized spacial score (nSPS) is 12.4. The Morgan fingerprint density at radius 3 is 2.20 bits per heavy atom. The fraction of sp³-hybridized carbons (Fsp3) is 0.625. The number of alkyl halides is 5. The van der Waals surface area contributed by atoms with Gasteiger partial charge in [0.25, 0.3) is 0 Å². The first-order valence-electron chi connectivity index (χ1n) is 3.85. The second-order valence-corrected chi connectivity index (χ2v) is 3.86. The molecule has 88 valence electrons. The Kier molecular flexibility index (Phi) is 4.76. The first-order valence-corrected chi connectivity index (χ1v) is 4.64. The van der Waals surface area contributed by atoms with Crippen molar-refractivity contribution >= 4 is 21.9 Å². The maximum Gasteiger partial charge on any atom is 0.363 e. The van der Waals surface area contributed by atoms with E-state index < -0.39 is 29.8 Å². The van der Waals surface area contributed by atoms with Crippen LogP contribution in [-0.2, 0) is 9.53 Å². The topological polar surface area (TPSA) is 26.3 Å². The minimum absolute atomic E-state index is 0.0175. The summed E-state index contributed by atoms with van der Waals surface area (Å²) < 4.78 is 53.8. The highest BCUT2D eigenvalue weighted by Gasteiger charge is 2.53. The molecule has 0 N–H and O–H groups in total. The van der Waals surface area contributed by atoms with Crippen LogP contribution in [-0.4, -0.2) is 23.3 Å². The molecule has 0 radical (unpaired) electrons. The molecule has 0 fully saturated rings. The first-order chi connectivity index (χ1) is 6.58. The van der Waals surface area contributed by atoms with Crippen LogP contribution < -0.4 is 0 Å². The lowest BCUT2D eigenvalue weighted by molar-refractivity contribution is -0.164. The maximum atomic E-state index is 12.6. The maximum absolute atomic E-state index is 12.6. The molecular weight excluding hydrogens is 284 g/mol. The summed E-state index contributed by atoms with van der Waals surface area (Å²) in [5.74, 6) is -5.15. The summed E-state index contributed by atoms with van der Waals surface area (Å²) in [6.45, 7) is 3.73. The van der Waals surface area contributed by atoms with Crippen molar-refractivity contribution in [1.29, 1.82) is 0 Å². The minimum Gasteiger partial charge on any atom is -0.462 e. The lowest BCUT2D eigenvalue weighted by atomic mass is 10.2. The van der Waals surface area contributed by atoms with Crippen LogP contribution in [0.25, 0.3) is 0 Å². The molecule has 2 nitrogen and oxygen atoms in total. The zero-order valence-corrected chi connectivity index (χ0v) is 9.41. The number of hydrogen-bond donors (Lipinski definition) is 0. The van der Waals surface area contributed by atoms with E-state index >= 15 is 0 Å². The summed E-state index contributed by atoms with van der Waals surface area (Å²) in [6.07, 6.45) is -1.26. The zero-order valence-electron chi connectivity index (χ0n) is 7.83. The van der Waals surface area contributed by atoms with Crippen molar-refractivity contribution in [1.82, 2.24) is 0 Å². The lowest BCUT2D eigenvalue weighted by Gasteiger charge is -2.20. The minimum atomic E-state index is -4.31. The van der Waals surface area contributed by atoms with E-state index in [9.17, 15) is 22.4 Å². The van der Waals surface area contributed by atoms with Crippen LogP contribution >= 0.6 is 15.9 Å². The molecule has 0 unspecified atom stereocenters. The number of rotatable bonds is 5. The Bertz CT molecular complexity index is 260. The smallest absolute Gasteiger partial charge is 0.363 e. The van der Waals surface area contributed by atoms with Crippen molar-refractivity contribution < 1.29 is 27.1 Å². The summed E-state index contributed by atoms with van der Waals surface area (Å²) in [5.41, 5.74) is 0.0175. The standard InChI is InChI=1S/C8H9BrF4O2/c1-5(2)6(14)15-4-3-7(10,11)8(9,12)13/h1,3-4H2,2H3. The molecule has 0 aliphatic rings. The van der Waals surface area contributed by atoms with Crippen molar-refractivity contribution in [3.8, 4) is 0 Å².